The zero-order valence-electron chi connectivity index (χ0n) is 11.1. The third-order valence-corrected chi connectivity index (χ3v) is 4.08. The number of nitro benzene ring substituents is 2. The Balaban J connectivity index is 3.73. The van der Waals surface area contributed by atoms with Gasteiger partial charge in [0.2, 0.25) is 3.12 Å². The van der Waals surface area contributed by atoms with E-state index in [1.807, 2.05) is 0 Å². The number of thioether (sulfide) groups is 1. The minimum absolute atomic E-state index is 0.101. The number of benzene rings is 1. The Morgan fingerprint density at radius 1 is 1.19 bits per heavy atom. The molecule has 0 saturated carbocycles. The fourth-order valence-corrected chi connectivity index (χ4v) is 3.17. The van der Waals surface area contributed by atoms with Crippen molar-refractivity contribution in [3.8, 4) is 0 Å². The van der Waals surface area contributed by atoms with E-state index in [9.17, 15) is 20.2 Å². The molecular weight excluding hydrogens is 365 g/mol. The molecule has 0 fully saturated rings. The van der Waals surface area contributed by atoms with Gasteiger partial charge >= 0.3 is 11.4 Å². The number of nitro groups is 2. The Morgan fingerprint density at radius 2 is 1.71 bits per heavy atom. The second kappa shape index (κ2) is 6.43. The molecule has 0 aromatic heterocycles. The van der Waals surface area contributed by atoms with Gasteiger partial charge in [-0.1, -0.05) is 46.6 Å². The molecule has 0 heterocycles. The molecule has 0 aliphatic carbocycles. The maximum atomic E-state index is 11.3. The molecule has 0 bridgehead atoms. The van der Waals surface area contributed by atoms with Crippen molar-refractivity contribution >= 4 is 63.6 Å². The normalized spacial score (nSPS) is 11.3. The van der Waals surface area contributed by atoms with E-state index in [4.69, 9.17) is 34.8 Å². The van der Waals surface area contributed by atoms with Crippen molar-refractivity contribution in [3.05, 3.63) is 31.9 Å². The van der Waals surface area contributed by atoms with Crippen LogP contribution < -0.4 is 4.90 Å². The molecule has 0 unspecified atom stereocenters. The summed E-state index contributed by atoms with van der Waals surface area (Å²) in [7, 11) is 2.97. The average Bonchev–Trinajstić information content (AvgIpc) is 2.27. The summed E-state index contributed by atoms with van der Waals surface area (Å²) >= 11 is 17.6. The van der Waals surface area contributed by atoms with Crippen LogP contribution in [0.3, 0.4) is 0 Å². The van der Waals surface area contributed by atoms with Crippen LogP contribution in [0, 0.1) is 27.2 Å². The molecule has 0 amide bonds. The van der Waals surface area contributed by atoms with Gasteiger partial charge in [-0.3, -0.25) is 20.2 Å². The molecule has 0 saturated heterocycles. The summed E-state index contributed by atoms with van der Waals surface area (Å²) < 4.78 is -1.79. The Morgan fingerprint density at radius 3 is 2.05 bits per heavy atom. The van der Waals surface area contributed by atoms with Crippen LogP contribution in [0.1, 0.15) is 5.56 Å². The Bertz CT molecular complexity index is 604. The second-order valence-electron chi connectivity index (χ2n) is 4.17. The molecule has 0 atom stereocenters. The van der Waals surface area contributed by atoms with E-state index in [-0.39, 0.29) is 21.8 Å². The second-order valence-corrected chi connectivity index (χ2v) is 8.38. The van der Waals surface area contributed by atoms with E-state index >= 15 is 0 Å². The maximum absolute atomic E-state index is 11.3. The van der Waals surface area contributed by atoms with Gasteiger partial charge in [0.05, 0.1) is 9.85 Å². The lowest BCUT2D eigenvalue weighted by Gasteiger charge is -2.17. The molecule has 0 aliphatic heterocycles. The van der Waals surface area contributed by atoms with E-state index in [0.29, 0.717) is 11.8 Å². The fraction of sp³-hybridized carbons (Fsp3) is 0.400. The Labute approximate surface area is 139 Å². The molecule has 21 heavy (non-hydrogen) atoms. The number of halogens is 3. The van der Waals surface area contributed by atoms with Crippen molar-refractivity contribution in [2.45, 2.75) is 14.9 Å². The van der Waals surface area contributed by atoms with Crippen LogP contribution in [0.2, 0.25) is 0 Å². The van der Waals surface area contributed by atoms with Gasteiger partial charge in [0, 0.05) is 30.6 Å². The van der Waals surface area contributed by atoms with Gasteiger partial charge in [0.25, 0.3) is 0 Å². The Hall–Kier alpha value is -0.960. The zero-order valence-corrected chi connectivity index (χ0v) is 14.2. The molecule has 11 heteroatoms. The molecule has 0 radical (unpaired) electrons. The summed E-state index contributed by atoms with van der Waals surface area (Å²) in [6.07, 6.45) is 0. The highest BCUT2D eigenvalue weighted by Crippen LogP contribution is 2.50. The SMILES string of the molecule is Cc1c(SC(Cl)(Cl)Cl)cc([N+](=O)[O-])c(N(C)C)c1[N+](=O)[O-]. The zero-order chi connectivity index (χ0) is 16.5. The number of hydrogen-bond acceptors (Lipinski definition) is 6. The molecule has 0 N–H and O–H groups in total. The van der Waals surface area contributed by atoms with E-state index in [2.05, 4.69) is 0 Å². The number of anilines is 1. The van der Waals surface area contributed by atoms with Crippen LogP contribution in [-0.4, -0.2) is 27.1 Å². The summed E-state index contributed by atoms with van der Waals surface area (Å²) in [5, 5.41) is 22.5. The summed E-state index contributed by atoms with van der Waals surface area (Å²) in [6, 6.07) is 1.17. The first-order valence-corrected chi connectivity index (χ1v) is 7.30. The predicted octanol–water partition coefficient (Wildman–Crippen LogP) is 4.30. The van der Waals surface area contributed by atoms with Gasteiger partial charge in [-0.2, -0.15) is 0 Å². The van der Waals surface area contributed by atoms with Crippen molar-refractivity contribution in [2.75, 3.05) is 19.0 Å². The van der Waals surface area contributed by atoms with E-state index in [1.54, 1.807) is 0 Å². The van der Waals surface area contributed by atoms with E-state index in [0.717, 1.165) is 0 Å². The molecule has 7 nitrogen and oxygen atoms in total. The predicted molar refractivity (Wildman–Crippen MR) is 85.0 cm³/mol. The molecule has 0 aliphatic rings. The van der Waals surface area contributed by atoms with Crippen LogP contribution in [-0.2, 0) is 0 Å². The maximum Gasteiger partial charge on any atom is 0.303 e. The monoisotopic (exact) mass is 373 g/mol. The molecular formula is C10H10Cl3N3O4S. The number of rotatable bonds is 4. The van der Waals surface area contributed by atoms with Crippen molar-refractivity contribution in [1.29, 1.82) is 0 Å². The number of alkyl halides is 3. The topological polar surface area (TPSA) is 89.5 Å². The highest BCUT2D eigenvalue weighted by atomic mass is 35.6. The molecule has 116 valence electrons. The minimum atomic E-state index is -1.79. The Kier molecular flexibility index (Phi) is 5.54. The van der Waals surface area contributed by atoms with Gasteiger partial charge in [0.1, 0.15) is 0 Å². The van der Waals surface area contributed by atoms with Crippen LogP contribution in [0.25, 0.3) is 0 Å². The third-order valence-electron chi connectivity index (χ3n) is 2.51. The smallest absolute Gasteiger partial charge is 0.303 e. The highest BCUT2D eigenvalue weighted by molar-refractivity contribution is 8.04. The van der Waals surface area contributed by atoms with Gasteiger partial charge in [-0.15, -0.1) is 0 Å². The summed E-state index contributed by atoms with van der Waals surface area (Å²) in [6.45, 7) is 1.45. The molecule has 0 spiro atoms. The van der Waals surface area contributed by atoms with Crippen LogP contribution in [0.15, 0.2) is 11.0 Å². The van der Waals surface area contributed by atoms with Gasteiger partial charge in [-0.05, 0) is 6.92 Å². The summed E-state index contributed by atoms with van der Waals surface area (Å²) in [4.78, 5) is 22.6. The third kappa shape index (κ3) is 4.26. The molecule has 1 aromatic rings. The molecule has 1 rings (SSSR count). The lowest BCUT2D eigenvalue weighted by Crippen LogP contribution is -2.15. The fourth-order valence-electron chi connectivity index (χ4n) is 1.75. The van der Waals surface area contributed by atoms with Crippen LogP contribution >= 0.6 is 46.6 Å². The van der Waals surface area contributed by atoms with Crippen molar-refractivity contribution < 1.29 is 9.85 Å². The summed E-state index contributed by atoms with van der Waals surface area (Å²) in [5.74, 6) is 0. The summed E-state index contributed by atoms with van der Waals surface area (Å²) in [5.41, 5.74) is -0.707. The molecule has 1 aromatic carbocycles. The highest BCUT2D eigenvalue weighted by Gasteiger charge is 2.34. The lowest BCUT2D eigenvalue weighted by molar-refractivity contribution is -0.393. The van der Waals surface area contributed by atoms with E-state index < -0.39 is 18.7 Å². The number of hydrogen-bond donors (Lipinski definition) is 0. The van der Waals surface area contributed by atoms with E-state index in [1.165, 1.54) is 32.0 Å². The van der Waals surface area contributed by atoms with Crippen molar-refractivity contribution in [3.63, 3.8) is 0 Å². The lowest BCUT2D eigenvalue weighted by atomic mass is 10.1. The number of nitrogens with zero attached hydrogens (tertiary/aromatic N) is 3. The first-order chi connectivity index (χ1) is 9.45. The minimum Gasteiger partial charge on any atom is -0.366 e. The van der Waals surface area contributed by atoms with Gasteiger partial charge in [-0.25, -0.2) is 0 Å². The first kappa shape index (κ1) is 18.1. The quantitative estimate of drug-likeness (QED) is 0.338. The van der Waals surface area contributed by atoms with Crippen molar-refractivity contribution in [2.24, 2.45) is 0 Å². The largest absolute Gasteiger partial charge is 0.366 e. The average molecular weight is 375 g/mol. The van der Waals surface area contributed by atoms with Crippen molar-refractivity contribution in [1.82, 2.24) is 0 Å². The first-order valence-electron chi connectivity index (χ1n) is 5.35. The van der Waals surface area contributed by atoms with Gasteiger partial charge < -0.3 is 4.90 Å². The van der Waals surface area contributed by atoms with Gasteiger partial charge in [0.15, 0.2) is 5.69 Å². The van der Waals surface area contributed by atoms with Crippen LogP contribution in [0.4, 0.5) is 17.1 Å². The van der Waals surface area contributed by atoms with Crippen LogP contribution in [0.5, 0.6) is 0 Å². The standard InChI is InChI=1S/C10H10Cl3N3O4S/c1-5-7(21-10(11,12)13)4-6(15(17)18)9(14(2)3)8(5)16(19)20/h4H,1-3H3.